The number of amides is 1. The van der Waals surface area contributed by atoms with Crippen LogP contribution < -0.4 is 11.9 Å². The molecule has 0 radical (unpaired) electrons. The van der Waals surface area contributed by atoms with Gasteiger partial charge in [0.05, 0.1) is 0 Å². The summed E-state index contributed by atoms with van der Waals surface area (Å²) in [4.78, 5) is 10.5. The maximum absolute atomic E-state index is 10.5. The monoisotopic (exact) mass is 158 g/mol. The Morgan fingerprint density at radius 1 is 1.36 bits per heavy atom. The number of rotatable bonds is 1. The van der Waals surface area contributed by atoms with Crippen molar-refractivity contribution in [1.82, 2.24) is 6.15 Å². The molecule has 0 aliphatic carbocycles. The number of hydrogen-bond donors (Lipinski definition) is 2. The van der Waals surface area contributed by atoms with Gasteiger partial charge in [-0.15, -0.1) is 0 Å². The zero-order valence-electron chi connectivity index (χ0n) is 7.77. The van der Waals surface area contributed by atoms with Gasteiger partial charge in [0.15, 0.2) is 0 Å². The van der Waals surface area contributed by atoms with Gasteiger partial charge in [0.25, 0.3) is 0 Å². The third-order valence-corrected chi connectivity index (χ3v) is 1.04. The fourth-order valence-corrected chi connectivity index (χ4v) is 0.721. The largest absolute Gasteiger partial charge is 0.366 e. The first-order chi connectivity index (χ1) is 4.33. The Morgan fingerprint density at radius 3 is 1.82 bits per heavy atom. The van der Waals surface area contributed by atoms with Gasteiger partial charge in [-0.05, 0) is 12.3 Å². The molecule has 0 rings (SSSR count). The van der Waals surface area contributed by atoms with Crippen molar-refractivity contribution in [2.24, 2.45) is 11.1 Å². The normalized spacial score (nSPS) is 12.2. The zero-order valence-corrected chi connectivity index (χ0v) is 7.77. The molecule has 66 valence electrons. The van der Waals surface area contributed by atoms with Crippen LogP contribution >= 0.6 is 0 Å². The van der Waals surface area contributed by atoms with E-state index in [1.165, 1.54) is 0 Å². The van der Waals surface area contributed by atoms with Gasteiger partial charge in [0.1, 0.15) is 0 Å². The zero-order chi connectivity index (χ0) is 8.36. The van der Waals surface area contributed by atoms with Crippen LogP contribution in [0.5, 0.6) is 0 Å². The summed E-state index contributed by atoms with van der Waals surface area (Å²) in [6.07, 6.45) is 1.87. The Kier molecular flexibility index (Phi) is 4.81. The number of nitrogens with two attached hydrogens (primary N) is 1. The third kappa shape index (κ3) is 7.06. The van der Waals surface area contributed by atoms with Crippen LogP contribution in [0.25, 0.3) is 0 Å². The van der Waals surface area contributed by atoms with Crippen LogP contribution in [0, 0.1) is 5.41 Å². The van der Waals surface area contributed by atoms with Crippen molar-refractivity contribution >= 4 is 5.91 Å². The Bertz CT molecular complexity index is 165. The van der Waals surface area contributed by atoms with Crippen LogP contribution in [0.1, 0.15) is 27.7 Å². The summed E-state index contributed by atoms with van der Waals surface area (Å²) >= 11 is 0. The van der Waals surface area contributed by atoms with E-state index >= 15 is 0 Å². The molecule has 0 saturated heterocycles. The van der Waals surface area contributed by atoms with Crippen molar-refractivity contribution < 1.29 is 4.79 Å². The van der Waals surface area contributed by atoms with Gasteiger partial charge in [0.2, 0.25) is 5.91 Å². The predicted octanol–water partition coefficient (Wildman–Crippen LogP) is 1.63. The van der Waals surface area contributed by atoms with Gasteiger partial charge in [-0.1, -0.05) is 26.8 Å². The van der Waals surface area contributed by atoms with Crippen LogP contribution in [-0.4, -0.2) is 5.91 Å². The molecule has 5 N–H and O–H groups in total. The fraction of sp³-hybridized carbons (Fsp3) is 0.625. The van der Waals surface area contributed by atoms with Crippen molar-refractivity contribution in [2.75, 3.05) is 0 Å². The van der Waals surface area contributed by atoms with Crippen molar-refractivity contribution in [1.29, 1.82) is 0 Å². The van der Waals surface area contributed by atoms with Gasteiger partial charge in [-0.25, -0.2) is 0 Å². The van der Waals surface area contributed by atoms with Gasteiger partial charge in [-0.3, -0.25) is 4.79 Å². The maximum Gasteiger partial charge on any atom is 0.244 e. The third-order valence-electron chi connectivity index (χ3n) is 1.04. The lowest BCUT2D eigenvalue weighted by molar-refractivity contribution is -0.114. The van der Waals surface area contributed by atoms with Crippen LogP contribution in [-0.2, 0) is 4.79 Å². The van der Waals surface area contributed by atoms with E-state index in [2.05, 4.69) is 0 Å². The van der Waals surface area contributed by atoms with E-state index in [-0.39, 0.29) is 17.5 Å². The Labute approximate surface area is 68.2 Å². The first-order valence-corrected chi connectivity index (χ1v) is 3.32. The highest BCUT2D eigenvalue weighted by Crippen LogP contribution is 2.16. The molecule has 1 amide bonds. The summed E-state index contributed by atoms with van der Waals surface area (Å²) < 4.78 is 0. The molecule has 0 unspecified atom stereocenters. The van der Waals surface area contributed by atoms with Gasteiger partial charge < -0.3 is 11.9 Å². The quantitative estimate of drug-likeness (QED) is 0.569. The molecule has 0 aromatic heterocycles. The average molecular weight is 158 g/mol. The molecule has 11 heavy (non-hydrogen) atoms. The summed E-state index contributed by atoms with van der Waals surface area (Å²) in [6.45, 7) is 7.81. The van der Waals surface area contributed by atoms with Crippen molar-refractivity contribution in [3.63, 3.8) is 0 Å². The van der Waals surface area contributed by atoms with E-state index in [0.717, 1.165) is 0 Å². The van der Waals surface area contributed by atoms with E-state index in [1.807, 2.05) is 26.8 Å². The number of hydrogen-bond acceptors (Lipinski definition) is 2. The van der Waals surface area contributed by atoms with Crippen molar-refractivity contribution in [3.05, 3.63) is 11.6 Å². The van der Waals surface area contributed by atoms with E-state index < -0.39 is 0 Å². The number of primary amides is 1. The van der Waals surface area contributed by atoms with Crippen LogP contribution in [0.4, 0.5) is 0 Å². The average Bonchev–Trinajstić information content (AvgIpc) is 1.60. The smallest absolute Gasteiger partial charge is 0.244 e. The summed E-state index contributed by atoms with van der Waals surface area (Å²) in [5.74, 6) is -0.338. The summed E-state index contributed by atoms with van der Waals surface area (Å²) in [7, 11) is 0. The lowest BCUT2D eigenvalue weighted by Crippen LogP contribution is -2.14. The molecular formula is C8H18N2O. The second-order valence-electron chi connectivity index (χ2n) is 3.56. The highest BCUT2D eigenvalue weighted by Gasteiger charge is 2.07. The molecule has 3 heteroatoms. The minimum absolute atomic E-state index is 0. The van der Waals surface area contributed by atoms with Gasteiger partial charge in [-0.2, -0.15) is 0 Å². The summed E-state index contributed by atoms with van der Waals surface area (Å²) in [5, 5.41) is 0. The molecule has 0 fully saturated rings. The van der Waals surface area contributed by atoms with Gasteiger partial charge >= 0.3 is 0 Å². The van der Waals surface area contributed by atoms with Gasteiger partial charge in [0, 0.05) is 5.57 Å². The maximum atomic E-state index is 10.5. The molecule has 3 nitrogen and oxygen atoms in total. The highest BCUT2D eigenvalue weighted by molar-refractivity contribution is 5.91. The number of carbonyl (C=O) groups is 1. The first kappa shape index (κ1) is 12.8. The lowest BCUT2D eigenvalue weighted by atomic mass is 9.94. The summed E-state index contributed by atoms with van der Waals surface area (Å²) in [5.41, 5.74) is 5.71. The van der Waals surface area contributed by atoms with Crippen molar-refractivity contribution in [3.8, 4) is 0 Å². The molecule has 0 aliphatic heterocycles. The Hall–Kier alpha value is -0.830. The Balaban J connectivity index is 0. The van der Waals surface area contributed by atoms with E-state index in [1.54, 1.807) is 6.92 Å². The SMILES string of the molecule is CC(=CC(C)(C)C)C(N)=O.N. The minimum Gasteiger partial charge on any atom is -0.366 e. The highest BCUT2D eigenvalue weighted by atomic mass is 16.1. The molecule has 0 saturated carbocycles. The van der Waals surface area contributed by atoms with Crippen LogP contribution in [0.3, 0.4) is 0 Å². The first-order valence-electron chi connectivity index (χ1n) is 3.32. The second kappa shape index (κ2) is 4.13. The standard InChI is InChI=1S/C8H15NO.H3N/c1-6(7(9)10)5-8(2,3)4;/h5H,1-4H3,(H2,9,10);1H3. The fourth-order valence-electron chi connectivity index (χ4n) is 0.721. The number of allylic oxidation sites excluding steroid dienone is 1. The molecule has 0 aromatic carbocycles. The predicted molar refractivity (Wildman–Crippen MR) is 47.4 cm³/mol. The molecule has 0 heterocycles. The molecular weight excluding hydrogens is 140 g/mol. The minimum atomic E-state index is -0.338. The lowest BCUT2D eigenvalue weighted by Gasteiger charge is -2.12. The molecule has 0 aromatic rings. The molecule has 0 bridgehead atoms. The summed E-state index contributed by atoms with van der Waals surface area (Å²) in [6, 6.07) is 0. The van der Waals surface area contributed by atoms with Crippen LogP contribution in [0.15, 0.2) is 11.6 Å². The Morgan fingerprint density at radius 2 is 1.73 bits per heavy atom. The van der Waals surface area contributed by atoms with Crippen molar-refractivity contribution in [2.45, 2.75) is 27.7 Å². The van der Waals surface area contributed by atoms with E-state index in [0.29, 0.717) is 5.57 Å². The van der Waals surface area contributed by atoms with E-state index in [9.17, 15) is 4.79 Å². The second-order valence-corrected chi connectivity index (χ2v) is 3.56. The topological polar surface area (TPSA) is 78.1 Å². The molecule has 0 spiro atoms. The van der Waals surface area contributed by atoms with Crippen LogP contribution in [0.2, 0.25) is 0 Å². The number of carbonyl (C=O) groups excluding carboxylic acids is 1. The van der Waals surface area contributed by atoms with E-state index in [4.69, 9.17) is 5.73 Å². The molecule has 0 atom stereocenters. The molecule has 0 aliphatic rings.